The van der Waals surface area contributed by atoms with Gasteiger partial charge in [0, 0.05) is 25.7 Å². The second-order valence-electron chi connectivity index (χ2n) is 11.3. The molecule has 12 nitrogen and oxygen atoms in total. The van der Waals surface area contributed by atoms with E-state index in [1.807, 2.05) is 13.8 Å². The monoisotopic (exact) mass is 625 g/mol. The number of aromatic nitrogens is 3. The first kappa shape index (κ1) is 31.2. The van der Waals surface area contributed by atoms with Crippen LogP contribution in [-0.2, 0) is 21.8 Å². The smallest absolute Gasteiger partial charge is 0.290 e. The van der Waals surface area contributed by atoms with Crippen molar-refractivity contribution >= 4 is 35.4 Å². The highest BCUT2D eigenvalue weighted by Gasteiger charge is 2.37. The van der Waals surface area contributed by atoms with E-state index in [9.17, 15) is 23.6 Å². The molecule has 2 aliphatic rings. The highest BCUT2D eigenvalue weighted by atomic mass is 32.2. The summed E-state index contributed by atoms with van der Waals surface area (Å²) in [5.74, 6) is -1.48. The van der Waals surface area contributed by atoms with Gasteiger partial charge in [-0.1, -0.05) is 31.7 Å². The first-order valence-electron chi connectivity index (χ1n) is 14.7. The molecule has 0 saturated carbocycles. The van der Waals surface area contributed by atoms with Gasteiger partial charge in [0.05, 0.1) is 11.3 Å². The fourth-order valence-corrected chi connectivity index (χ4v) is 6.04. The number of carbonyl (C=O) groups excluding carboxylic acids is 4. The fraction of sp³-hybridized carbons (Fsp3) is 0.467. The number of thioether (sulfide) groups is 1. The van der Waals surface area contributed by atoms with E-state index >= 15 is 0 Å². The van der Waals surface area contributed by atoms with Gasteiger partial charge in [-0.15, -0.1) is 0 Å². The number of amides is 4. The zero-order valence-electron chi connectivity index (χ0n) is 24.7. The van der Waals surface area contributed by atoms with Crippen molar-refractivity contribution < 1.29 is 28.0 Å². The first-order chi connectivity index (χ1) is 21.2. The summed E-state index contributed by atoms with van der Waals surface area (Å²) in [6.45, 7) is 4.26. The van der Waals surface area contributed by atoms with Gasteiger partial charge < -0.3 is 24.9 Å². The van der Waals surface area contributed by atoms with Crippen LogP contribution in [-0.4, -0.2) is 86.9 Å². The van der Waals surface area contributed by atoms with E-state index in [0.29, 0.717) is 55.4 Å². The molecule has 0 aliphatic carbocycles. The lowest BCUT2D eigenvalue weighted by atomic mass is 10.0. The van der Waals surface area contributed by atoms with Gasteiger partial charge >= 0.3 is 0 Å². The minimum Gasteiger partial charge on any atom is -0.455 e. The molecule has 2 bridgehead atoms. The Morgan fingerprint density at radius 3 is 2.80 bits per heavy atom. The summed E-state index contributed by atoms with van der Waals surface area (Å²) in [5, 5.41) is 13.0. The van der Waals surface area contributed by atoms with Crippen LogP contribution < -0.4 is 10.6 Å². The quantitative estimate of drug-likeness (QED) is 0.366. The van der Waals surface area contributed by atoms with Gasteiger partial charge in [0.15, 0.2) is 10.9 Å². The van der Waals surface area contributed by atoms with Crippen molar-refractivity contribution in [2.24, 2.45) is 5.92 Å². The van der Waals surface area contributed by atoms with Crippen LogP contribution in [0.3, 0.4) is 0 Å². The van der Waals surface area contributed by atoms with Gasteiger partial charge in [-0.25, -0.2) is 9.37 Å². The summed E-state index contributed by atoms with van der Waals surface area (Å²) in [5.41, 5.74) is 0.685. The van der Waals surface area contributed by atoms with Crippen LogP contribution in [0.25, 0.3) is 0 Å². The van der Waals surface area contributed by atoms with Crippen LogP contribution in [0.4, 0.5) is 4.39 Å². The normalized spacial score (nSPS) is 20.3. The molecule has 1 saturated heterocycles. The number of benzene rings is 1. The number of furan rings is 1. The van der Waals surface area contributed by atoms with Gasteiger partial charge in [0.1, 0.15) is 30.5 Å². The summed E-state index contributed by atoms with van der Waals surface area (Å²) in [6, 6.07) is 6.37. The lowest BCUT2D eigenvalue weighted by Gasteiger charge is -2.32. The molecule has 2 atom stereocenters. The standard InChI is InChI=1S/C30H36FN7O5S/c1-18(2)23-14-37(29(42)25-10-8-20(43-25)16-44-30-33-17-34-36-30)15-26(39)32-11-3-5-19-7-9-22(31)21(13-19)28(41)38-12-4-6-24(38)27(40)35-23/h7-10,13,17-18,23-24H,3-6,11-12,14-16H2,1-2H3,(H,32,39)(H,35,40)(H,33,34,36)/t23-,24-/m0/s1. The van der Waals surface area contributed by atoms with Gasteiger partial charge in [0.2, 0.25) is 11.8 Å². The van der Waals surface area contributed by atoms with E-state index in [1.54, 1.807) is 18.2 Å². The Morgan fingerprint density at radius 2 is 2.02 bits per heavy atom. The van der Waals surface area contributed by atoms with Crippen molar-refractivity contribution in [2.45, 2.75) is 62.5 Å². The Bertz CT molecular complexity index is 1490. The molecule has 0 spiro atoms. The topological polar surface area (TPSA) is 154 Å². The second-order valence-corrected chi connectivity index (χ2v) is 12.3. The predicted molar refractivity (Wildman–Crippen MR) is 159 cm³/mol. The van der Waals surface area contributed by atoms with E-state index in [-0.39, 0.29) is 42.1 Å². The molecule has 4 heterocycles. The molecule has 2 aliphatic heterocycles. The van der Waals surface area contributed by atoms with E-state index < -0.39 is 29.7 Å². The minimum atomic E-state index is -0.774. The number of halogens is 1. The molecule has 234 valence electrons. The zero-order chi connectivity index (χ0) is 31.2. The van der Waals surface area contributed by atoms with Crippen LogP contribution in [0, 0.1) is 11.7 Å². The molecular formula is C30H36FN7O5S. The summed E-state index contributed by atoms with van der Waals surface area (Å²) in [7, 11) is 0. The van der Waals surface area contributed by atoms with Crippen molar-refractivity contribution in [2.75, 3.05) is 26.2 Å². The highest BCUT2D eigenvalue weighted by Crippen LogP contribution is 2.24. The summed E-state index contributed by atoms with van der Waals surface area (Å²) < 4.78 is 20.6. The number of carbonyl (C=O) groups is 4. The molecule has 2 aromatic heterocycles. The molecule has 44 heavy (non-hydrogen) atoms. The molecule has 0 unspecified atom stereocenters. The van der Waals surface area contributed by atoms with E-state index in [1.165, 1.54) is 40.0 Å². The van der Waals surface area contributed by atoms with Crippen molar-refractivity contribution in [3.05, 3.63) is 65.1 Å². The van der Waals surface area contributed by atoms with Crippen molar-refractivity contribution in [1.29, 1.82) is 0 Å². The average Bonchev–Trinajstić information content (AvgIpc) is 3.79. The number of rotatable bonds is 5. The summed E-state index contributed by atoms with van der Waals surface area (Å²) in [4.78, 5) is 60.6. The highest BCUT2D eigenvalue weighted by molar-refractivity contribution is 7.98. The number of aryl methyl sites for hydroxylation is 1. The number of nitrogens with zero attached hydrogens (tertiary/aromatic N) is 4. The molecule has 4 amide bonds. The van der Waals surface area contributed by atoms with Crippen molar-refractivity contribution in [3.8, 4) is 0 Å². The summed E-state index contributed by atoms with van der Waals surface area (Å²) >= 11 is 1.36. The van der Waals surface area contributed by atoms with Crippen LogP contribution >= 0.6 is 11.8 Å². The van der Waals surface area contributed by atoms with Gasteiger partial charge in [-0.3, -0.25) is 24.3 Å². The number of nitrogens with one attached hydrogen (secondary N) is 3. The molecule has 1 fully saturated rings. The number of H-pyrrole nitrogens is 1. The largest absolute Gasteiger partial charge is 0.455 e. The fourth-order valence-electron chi connectivity index (χ4n) is 5.37. The molecular weight excluding hydrogens is 589 g/mol. The van der Waals surface area contributed by atoms with E-state index in [4.69, 9.17) is 4.42 Å². The van der Waals surface area contributed by atoms with Crippen LogP contribution in [0.15, 0.2) is 46.2 Å². The van der Waals surface area contributed by atoms with Crippen molar-refractivity contribution in [3.63, 3.8) is 0 Å². The van der Waals surface area contributed by atoms with Gasteiger partial charge in [-0.05, 0) is 61.4 Å². The number of hydrogen-bond acceptors (Lipinski definition) is 8. The number of hydrogen-bond donors (Lipinski definition) is 3. The maximum Gasteiger partial charge on any atom is 0.290 e. The Hall–Kier alpha value is -4.20. The minimum absolute atomic E-state index is 0.0363. The van der Waals surface area contributed by atoms with Crippen LogP contribution in [0.5, 0.6) is 0 Å². The third-order valence-corrected chi connectivity index (χ3v) is 8.73. The van der Waals surface area contributed by atoms with E-state index in [0.717, 1.165) is 5.56 Å². The molecule has 5 rings (SSSR count). The number of aromatic amines is 1. The first-order valence-corrected chi connectivity index (χ1v) is 15.7. The summed E-state index contributed by atoms with van der Waals surface area (Å²) in [6.07, 6.45) is 3.50. The Kier molecular flexibility index (Phi) is 9.98. The number of fused-ring (bicyclic) bond motifs is 3. The maximum atomic E-state index is 14.8. The predicted octanol–water partition coefficient (Wildman–Crippen LogP) is 2.78. The third-order valence-electron chi connectivity index (χ3n) is 7.83. The molecule has 1 aromatic carbocycles. The SMILES string of the molecule is CC(C)[C@@H]1CN(C(=O)c2ccc(CSc3ncn[nH]3)o2)CC(=O)NCCCc2ccc(F)c(c2)C(=O)N2CCC[C@H]2C(=O)N1. The molecule has 0 radical (unpaired) electrons. The maximum absolute atomic E-state index is 14.8. The second kappa shape index (κ2) is 14.1. The average molecular weight is 626 g/mol. The lowest BCUT2D eigenvalue weighted by molar-refractivity contribution is -0.126. The molecule has 3 N–H and O–H groups in total. The van der Waals surface area contributed by atoms with Crippen molar-refractivity contribution in [1.82, 2.24) is 35.6 Å². The van der Waals surface area contributed by atoms with Gasteiger partial charge in [-0.2, -0.15) is 5.10 Å². The molecule has 3 aromatic rings. The lowest BCUT2D eigenvalue weighted by Crippen LogP contribution is -2.54. The van der Waals surface area contributed by atoms with Crippen LogP contribution in [0.2, 0.25) is 0 Å². The van der Waals surface area contributed by atoms with Gasteiger partial charge in [0.25, 0.3) is 11.8 Å². The Labute approximate surface area is 258 Å². The zero-order valence-corrected chi connectivity index (χ0v) is 25.5. The molecule has 14 heteroatoms. The Balaban J connectivity index is 1.38. The van der Waals surface area contributed by atoms with E-state index in [2.05, 4.69) is 25.8 Å². The Morgan fingerprint density at radius 1 is 1.18 bits per heavy atom. The third kappa shape index (κ3) is 7.47. The van der Waals surface area contributed by atoms with Crippen LogP contribution in [0.1, 0.15) is 65.3 Å².